The molecule has 0 spiro atoms. The summed E-state index contributed by atoms with van der Waals surface area (Å²) in [5.41, 5.74) is 5.11. The SMILES string of the molecule is CN[C@H](Cc1cccs1)C(=O)C(C)(N)N(C)C. The molecule has 0 saturated heterocycles. The van der Waals surface area contributed by atoms with E-state index in [2.05, 4.69) is 5.32 Å². The standard InChI is InChI=1S/C12H21N3OS/c1-12(13,15(3)4)11(16)10(14-2)8-9-6-5-7-17-9/h5-7,10,14H,8,13H2,1-4H3/t10-,12?/m1/s1. The van der Waals surface area contributed by atoms with Crippen LogP contribution in [0.1, 0.15) is 11.8 Å². The van der Waals surface area contributed by atoms with Crippen LogP contribution in [0.25, 0.3) is 0 Å². The quantitative estimate of drug-likeness (QED) is 0.734. The highest BCUT2D eigenvalue weighted by Crippen LogP contribution is 2.15. The fraction of sp³-hybridized carbons (Fsp3) is 0.583. The van der Waals surface area contributed by atoms with Gasteiger partial charge in [0.1, 0.15) is 5.66 Å². The second-order valence-corrected chi connectivity index (χ2v) is 5.56. The molecule has 5 heteroatoms. The van der Waals surface area contributed by atoms with Crippen LogP contribution in [0, 0.1) is 0 Å². The minimum atomic E-state index is -0.940. The lowest BCUT2D eigenvalue weighted by Crippen LogP contribution is -2.61. The van der Waals surface area contributed by atoms with Crippen molar-refractivity contribution in [3.05, 3.63) is 22.4 Å². The third kappa shape index (κ3) is 3.35. The van der Waals surface area contributed by atoms with E-state index in [1.807, 2.05) is 31.6 Å². The molecular formula is C12H21N3OS. The summed E-state index contributed by atoms with van der Waals surface area (Å²) in [7, 11) is 5.42. The summed E-state index contributed by atoms with van der Waals surface area (Å²) in [6, 6.07) is 3.78. The Kier molecular flexibility index (Phi) is 4.82. The predicted octanol–water partition coefficient (Wildman–Crippen LogP) is 0.684. The van der Waals surface area contributed by atoms with Gasteiger partial charge in [-0.15, -0.1) is 11.3 Å². The predicted molar refractivity (Wildman–Crippen MR) is 72.2 cm³/mol. The minimum Gasteiger partial charge on any atom is -0.310 e. The Morgan fingerprint density at radius 2 is 2.29 bits per heavy atom. The Bertz CT molecular complexity index is 360. The summed E-state index contributed by atoms with van der Waals surface area (Å²) in [6.07, 6.45) is 0.688. The molecule has 1 unspecified atom stereocenters. The van der Waals surface area contributed by atoms with Gasteiger partial charge in [-0.1, -0.05) is 6.07 Å². The topological polar surface area (TPSA) is 58.4 Å². The van der Waals surface area contributed by atoms with E-state index < -0.39 is 5.66 Å². The highest BCUT2D eigenvalue weighted by atomic mass is 32.1. The van der Waals surface area contributed by atoms with Crippen LogP contribution in [0.2, 0.25) is 0 Å². The Morgan fingerprint density at radius 3 is 2.71 bits per heavy atom. The van der Waals surface area contributed by atoms with Gasteiger partial charge in [-0.05, 0) is 39.5 Å². The number of ketones is 1. The molecule has 1 aromatic heterocycles. The van der Waals surface area contributed by atoms with E-state index in [1.165, 1.54) is 4.88 Å². The molecule has 0 aromatic carbocycles. The Hall–Kier alpha value is -0.750. The largest absolute Gasteiger partial charge is 0.310 e. The zero-order valence-electron chi connectivity index (χ0n) is 10.9. The van der Waals surface area contributed by atoms with Gasteiger partial charge in [0.15, 0.2) is 5.78 Å². The van der Waals surface area contributed by atoms with Crippen LogP contribution in [0.5, 0.6) is 0 Å². The lowest BCUT2D eigenvalue weighted by molar-refractivity contribution is -0.130. The molecule has 0 aliphatic carbocycles. The maximum atomic E-state index is 12.3. The number of rotatable bonds is 6. The molecule has 0 fully saturated rings. The van der Waals surface area contributed by atoms with Crippen LogP contribution < -0.4 is 11.1 Å². The van der Waals surface area contributed by atoms with E-state index in [0.29, 0.717) is 6.42 Å². The van der Waals surface area contributed by atoms with E-state index in [9.17, 15) is 4.79 Å². The number of carbonyl (C=O) groups is 1. The molecule has 1 rings (SSSR count). The van der Waals surface area contributed by atoms with Crippen molar-refractivity contribution in [3.8, 4) is 0 Å². The van der Waals surface area contributed by atoms with Crippen LogP contribution in [-0.4, -0.2) is 43.5 Å². The normalized spacial score (nSPS) is 16.8. The first-order valence-electron chi connectivity index (χ1n) is 5.60. The number of likely N-dealkylation sites (N-methyl/N-ethyl adjacent to an activating group) is 2. The molecule has 0 saturated carbocycles. The number of carbonyl (C=O) groups excluding carboxylic acids is 1. The molecule has 0 aliphatic rings. The van der Waals surface area contributed by atoms with Crippen molar-refractivity contribution in [2.45, 2.75) is 25.0 Å². The Labute approximate surface area is 107 Å². The summed E-state index contributed by atoms with van der Waals surface area (Å²) in [4.78, 5) is 15.3. The summed E-state index contributed by atoms with van der Waals surface area (Å²) >= 11 is 1.66. The van der Waals surface area contributed by atoms with Crippen LogP contribution in [0.4, 0.5) is 0 Å². The molecule has 0 aliphatic heterocycles. The van der Waals surface area contributed by atoms with Crippen LogP contribution in [0.3, 0.4) is 0 Å². The van der Waals surface area contributed by atoms with Crippen LogP contribution >= 0.6 is 11.3 Å². The number of hydrogen-bond donors (Lipinski definition) is 2. The molecule has 17 heavy (non-hydrogen) atoms. The van der Waals surface area contributed by atoms with E-state index in [4.69, 9.17) is 5.73 Å². The minimum absolute atomic E-state index is 0.0124. The average Bonchev–Trinajstić information content (AvgIpc) is 2.77. The van der Waals surface area contributed by atoms with Crippen molar-refractivity contribution in [1.82, 2.24) is 10.2 Å². The molecule has 1 heterocycles. The molecule has 96 valence electrons. The zero-order chi connectivity index (χ0) is 13.1. The lowest BCUT2D eigenvalue weighted by atomic mass is 9.97. The molecule has 3 N–H and O–H groups in total. The van der Waals surface area contributed by atoms with Crippen molar-refractivity contribution < 1.29 is 4.79 Å². The molecule has 2 atom stereocenters. The van der Waals surface area contributed by atoms with Gasteiger partial charge >= 0.3 is 0 Å². The Balaban J connectivity index is 2.77. The first kappa shape index (κ1) is 14.3. The second kappa shape index (κ2) is 5.73. The third-order valence-electron chi connectivity index (χ3n) is 3.08. The van der Waals surface area contributed by atoms with Gasteiger partial charge in [0.25, 0.3) is 0 Å². The highest BCUT2D eigenvalue weighted by molar-refractivity contribution is 7.09. The molecular weight excluding hydrogens is 234 g/mol. The van der Waals surface area contributed by atoms with Crippen LogP contribution in [-0.2, 0) is 11.2 Å². The lowest BCUT2D eigenvalue weighted by Gasteiger charge is -2.33. The molecule has 0 bridgehead atoms. The van der Waals surface area contributed by atoms with Gasteiger partial charge in [-0.2, -0.15) is 0 Å². The maximum absolute atomic E-state index is 12.3. The maximum Gasteiger partial charge on any atom is 0.184 e. The second-order valence-electron chi connectivity index (χ2n) is 4.53. The first-order chi connectivity index (χ1) is 7.89. The van der Waals surface area contributed by atoms with Gasteiger partial charge in [0.2, 0.25) is 0 Å². The van der Waals surface area contributed by atoms with Gasteiger partial charge in [0.05, 0.1) is 6.04 Å². The number of nitrogens with two attached hydrogens (primary N) is 1. The number of hydrogen-bond acceptors (Lipinski definition) is 5. The monoisotopic (exact) mass is 255 g/mol. The van der Waals surface area contributed by atoms with Crippen molar-refractivity contribution in [2.24, 2.45) is 5.73 Å². The van der Waals surface area contributed by atoms with Crippen molar-refractivity contribution in [2.75, 3.05) is 21.1 Å². The number of nitrogens with zero attached hydrogens (tertiary/aromatic N) is 1. The molecule has 1 aromatic rings. The van der Waals surface area contributed by atoms with E-state index >= 15 is 0 Å². The summed E-state index contributed by atoms with van der Waals surface area (Å²) in [6.45, 7) is 1.74. The van der Waals surface area contributed by atoms with Crippen LogP contribution in [0.15, 0.2) is 17.5 Å². The van der Waals surface area contributed by atoms with E-state index in [-0.39, 0.29) is 11.8 Å². The van der Waals surface area contributed by atoms with E-state index in [0.717, 1.165) is 0 Å². The summed E-state index contributed by atoms with van der Waals surface area (Å²) in [5.74, 6) is 0.0124. The first-order valence-corrected chi connectivity index (χ1v) is 6.47. The summed E-state index contributed by atoms with van der Waals surface area (Å²) in [5, 5.41) is 5.07. The summed E-state index contributed by atoms with van der Waals surface area (Å²) < 4.78 is 0. The molecule has 4 nitrogen and oxygen atoms in total. The van der Waals surface area contributed by atoms with E-state index in [1.54, 1.807) is 30.2 Å². The Morgan fingerprint density at radius 1 is 1.65 bits per heavy atom. The van der Waals surface area contributed by atoms with Gasteiger partial charge in [-0.3, -0.25) is 9.69 Å². The smallest absolute Gasteiger partial charge is 0.184 e. The highest BCUT2D eigenvalue weighted by Gasteiger charge is 2.35. The van der Waals surface area contributed by atoms with Crippen molar-refractivity contribution in [1.29, 1.82) is 0 Å². The van der Waals surface area contributed by atoms with Crippen molar-refractivity contribution >= 4 is 17.1 Å². The fourth-order valence-corrected chi connectivity index (χ4v) is 2.28. The third-order valence-corrected chi connectivity index (χ3v) is 3.98. The number of nitrogens with one attached hydrogen (secondary N) is 1. The zero-order valence-corrected chi connectivity index (χ0v) is 11.7. The average molecular weight is 255 g/mol. The molecule has 0 radical (unpaired) electrons. The van der Waals surface area contributed by atoms with Crippen molar-refractivity contribution in [3.63, 3.8) is 0 Å². The number of thiophene rings is 1. The van der Waals surface area contributed by atoms with Gasteiger partial charge < -0.3 is 11.1 Å². The number of Topliss-reactive ketones (excluding diaryl/α,β-unsaturated/α-hetero) is 1. The fourth-order valence-electron chi connectivity index (χ4n) is 1.53. The van der Waals surface area contributed by atoms with Gasteiger partial charge in [0, 0.05) is 11.3 Å². The van der Waals surface area contributed by atoms with Gasteiger partial charge in [-0.25, -0.2) is 0 Å². The molecule has 0 amide bonds.